The molecule has 0 spiro atoms. The lowest BCUT2D eigenvalue weighted by molar-refractivity contribution is 0.0600. The summed E-state index contributed by atoms with van der Waals surface area (Å²) in [5.74, 6) is -0.176. The van der Waals surface area contributed by atoms with Crippen molar-refractivity contribution in [1.29, 1.82) is 0 Å². The molecule has 0 unspecified atom stereocenters. The van der Waals surface area contributed by atoms with E-state index in [1.165, 1.54) is 11.8 Å². The first-order valence-electron chi connectivity index (χ1n) is 7.91. The number of hydrogen-bond donors (Lipinski definition) is 2. The molecule has 2 aromatic carbocycles. The van der Waals surface area contributed by atoms with Crippen LogP contribution < -0.4 is 11.1 Å². The third-order valence-corrected chi connectivity index (χ3v) is 4.68. The fraction of sp³-hybridized carbons (Fsp3) is 0.105. The van der Waals surface area contributed by atoms with Gasteiger partial charge in [-0.05, 0) is 23.8 Å². The van der Waals surface area contributed by atoms with Crippen LogP contribution in [-0.4, -0.2) is 25.3 Å². The summed E-state index contributed by atoms with van der Waals surface area (Å²) in [6, 6.07) is 15.2. The largest absolute Gasteiger partial charge is 0.465 e. The Morgan fingerprint density at radius 3 is 2.96 bits per heavy atom. The second kappa shape index (κ2) is 8.26. The molecule has 0 bridgehead atoms. The first kappa shape index (κ1) is 17.6. The van der Waals surface area contributed by atoms with Crippen molar-refractivity contribution in [3.05, 3.63) is 70.6 Å². The SMILES string of the molecule is COC(=O)c1cccc(CNC(N)=NN=Cc2csc3ccccc23)c1. The fourth-order valence-corrected chi connectivity index (χ4v) is 3.32. The third-order valence-electron chi connectivity index (χ3n) is 3.69. The molecule has 132 valence electrons. The zero-order valence-corrected chi connectivity index (χ0v) is 15.0. The maximum Gasteiger partial charge on any atom is 0.337 e. The maximum atomic E-state index is 11.5. The Morgan fingerprint density at radius 1 is 1.27 bits per heavy atom. The predicted molar refractivity (Wildman–Crippen MR) is 106 cm³/mol. The average Bonchev–Trinajstić information content (AvgIpc) is 3.09. The Morgan fingerprint density at radius 2 is 2.12 bits per heavy atom. The van der Waals surface area contributed by atoms with Gasteiger partial charge in [-0.25, -0.2) is 4.79 Å². The number of thiophene rings is 1. The Kier molecular flexibility index (Phi) is 5.60. The van der Waals surface area contributed by atoms with Gasteiger partial charge in [0.15, 0.2) is 0 Å². The van der Waals surface area contributed by atoms with Gasteiger partial charge in [0.1, 0.15) is 0 Å². The van der Waals surface area contributed by atoms with Crippen molar-refractivity contribution in [2.24, 2.45) is 15.9 Å². The minimum Gasteiger partial charge on any atom is -0.465 e. The van der Waals surface area contributed by atoms with Gasteiger partial charge < -0.3 is 15.8 Å². The first-order chi connectivity index (χ1) is 12.7. The number of benzene rings is 2. The summed E-state index contributed by atoms with van der Waals surface area (Å²) < 4.78 is 5.91. The highest BCUT2D eigenvalue weighted by Crippen LogP contribution is 2.24. The van der Waals surface area contributed by atoms with E-state index in [1.807, 2.05) is 29.6 Å². The molecule has 0 saturated heterocycles. The van der Waals surface area contributed by atoms with Crippen LogP contribution in [0.2, 0.25) is 0 Å². The summed E-state index contributed by atoms with van der Waals surface area (Å²) in [5, 5.41) is 14.1. The van der Waals surface area contributed by atoms with Crippen molar-refractivity contribution in [3.8, 4) is 0 Å². The number of methoxy groups -OCH3 is 1. The Bertz CT molecular complexity index is 978. The monoisotopic (exact) mass is 366 g/mol. The van der Waals surface area contributed by atoms with Gasteiger partial charge in [0, 0.05) is 27.6 Å². The van der Waals surface area contributed by atoms with Crippen LogP contribution in [0.1, 0.15) is 21.5 Å². The van der Waals surface area contributed by atoms with Gasteiger partial charge in [-0.3, -0.25) is 0 Å². The van der Waals surface area contributed by atoms with E-state index in [2.05, 4.69) is 21.6 Å². The van der Waals surface area contributed by atoms with Crippen molar-refractivity contribution >= 4 is 39.6 Å². The quantitative estimate of drug-likeness (QED) is 0.314. The summed E-state index contributed by atoms with van der Waals surface area (Å²) in [6.07, 6.45) is 1.69. The van der Waals surface area contributed by atoms with Gasteiger partial charge in [0.05, 0.1) is 18.9 Å². The number of carbonyl (C=O) groups is 1. The van der Waals surface area contributed by atoms with Crippen LogP contribution in [0.3, 0.4) is 0 Å². The van der Waals surface area contributed by atoms with Gasteiger partial charge in [-0.1, -0.05) is 30.3 Å². The molecule has 0 aliphatic rings. The van der Waals surface area contributed by atoms with E-state index >= 15 is 0 Å². The third kappa shape index (κ3) is 4.25. The van der Waals surface area contributed by atoms with E-state index in [0.29, 0.717) is 12.1 Å². The lowest BCUT2D eigenvalue weighted by Crippen LogP contribution is -2.30. The Balaban J connectivity index is 1.61. The highest BCUT2D eigenvalue weighted by Gasteiger charge is 2.05. The van der Waals surface area contributed by atoms with Crippen molar-refractivity contribution in [1.82, 2.24) is 5.32 Å². The lowest BCUT2D eigenvalue weighted by atomic mass is 10.1. The second-order valence-corrected chi connectivity index (χ2v) is 6.37. The lowest BCUT2D eigenvalue weighted by Gasteiger charge is -2.06. The molecule has 3 aromatic rings. The highest BCUT2D eigenvalue weighted by atomic mass is 32.1. The molecule has 0 radical (unpaired) electrons. The number of hydrogen-bond acceptors (Lipinski definition) is 5. The molecule has 1 heterocycles. The van der Waals surface area contributed by atoms with E-state index < -0.39 is 0 Å². The zero-order valence-electron chi connectivity index (χ0n) is 14.2. The number of esters is 1. The molecule has 0 fully saturated rings. The van der Waals surface area contributed by atoms with Crippen LogP contribution in [0.5, 0.6) is 0 Å². The molecule has 3 N–H and O–H groups in total. The van der Waals surface area contributed by atoms with Crippen LogP contribution in [-0.2, 0) is 11.3 Å². The molecule has 0 saturated carbocycles. The average molecular weight is 366 g/mol. The van der Waals surface area contributed by atoms with E-state index in [9.17, 15) is 4.79 Å². The summed E-state index contributed by atoms with van der Waals surface area (Å²) in [7, 11) is 1.35. The molecule has 6 nitrogen and oxygen atoms in total. The van der Waals surface area contributed by atoms with Gasteiger partial charge in [-0.2, -0.15) is 5.10 Å². The van der Waals surface area contributed by atoms with Crippen LogP contribution in [0.25, 0.3) is 10.1 Å². The highest BCUT2D eigenvalue weighted by molar-refractivity contribution is 7.17. The van der Waals surface area contributed by atoms with Crippen LogP contribution in [0, 0.1) is 0 Å². The number of nitrogens with zero attached hydrogens (tertiary/aromatic N) is 2. The number of guanidine groups is 1. The first-order valence-corrected chi connectivity index (χ1v) is 8.79. The smallest absolute Gasteiger partial charge is 0.337 e. The number of nitrogens with two attached hydrogens (primary N) is 1. The van der Waals surface area contributed by atoms with E-state index in [4.69, 9.17) is 10.5 Å². The van der Waals surface area contributed by atoms with Gasteiger partial charge in [0.2, 0.25) is 5.96 Å². The van der Waals surface area contributed by atoms with Gasteiger partial charge in [0.25, 0.3) is 0 Å². The molecule has 0 aliphatic heterocycles. The second-order valence-electron chi connectivity index (χ2n) is 5.46. The molecular formula is C19H18N4O2S. The maximum absolute atomic E-state index is 11.5. The number of rotatable bonds is 5. The number of nitrogens with one attached hydrogen (secondary N) is 1. The minimum atomic E-state index is -0.374. The molecule has 1 aromatic heterocycles. The van der Waals surface area contributed by atoms with E-state index in [1.54, 1.807) is 35.8 Å². The topological polar surface area (TPSA) is 89.1 Å². The summed E-state index contributed by atoms with van der Waals surface area (Å²) >= 11 is 1.66. The predicted octanol–water partition coefficient (Wildman–Crippen LogP) is 3.13. The summed E-state index contributed by atoms with van der Waals surface area (Å²) in [5.41, 5.74) is 8.22. The van der Waals surface area contributed by atoms with Crippen LogP contribution in [0.15, 0.2) is 64.1 Å². The standard InChI is InChI=1S/C19H18N4O2S/c1-25-18(24)14-6-4-5-13(9-14)10-21-19(20)23-22-11-15-12-26-17-8-3-2-7-16(15)17/h2-9,11-12H,10H2,1H3,(H3,20,21,23). The van der Waals surface area contributed by atoms with Crippen LogP contribution in [0.4, 0.5) is 0 Å². The van der Waals surface area contributed by atoms with Gasteiger partial charge in [-0.15, -0.1) is 16.4 Å². The Hall–Kier alpha value is -3.19. The number of fused-ring (bicyclic) bond motifs is 1. The normalized spacial score (nSPS) is 11.8. The summed E-state index contributed by atoms with van der Waals surface area (Å²) in [6.45, 7) is 0.428. The number of carbonyl (C=O) groups excluding carboxylic acids is 1. The van der Waals surface area contributed by atoms with E-state index in [-0.39, 0.29) is 11.9 Å². The van der Waals surface area contributed by atoms with Crippen molar-refractivity contribution < 1.29 is 9.53 Å². The van der Waals surface area contributed by atoms with Gasteiger partial charge >= 0.3 is 5.97 Å². The zero-order chi connectivity index (χ0) is 18.4. The van der Waals surface area contributed by atoms with E-state index in [0.717, 1.165) is 16.5 Å². The van der Waals surface area contributed by atoms with Crippen molar-refractivity contribution in [2.45, 2.75) is 6.54 Å². The molecule has 0 atom stereocenters. The molecule has 3 rings (SSSR count). The van der Waals surface area contributed by atoms with Crippen molar-refractivity contribution in [2.75, 3.05) is 7.11 Å². The minimum absolute atomic E-state index is 0.198. The van der Waals surface area contributed by atoms with Crippen LogP contribution >= 0.6 is 11.3 Å². The number of ether oxygens (including phenoxy) is 1. The van der Waals surface area contributed by atoms with Crippen molar-refractivity contribution in [3.63, 3.8) is 0 Å². The molecular weight excluding hydrogens is 348 g/mol. The molecule has 26 heavy (non-hydrogen) atoms. The molecule has 7 heteroatoms. The molecule has 0 aliphatic carbocycles. The Labute approximate surface area is 155 Å². The molecule has 0 amide bonds. The summed E-state index contributed by atoms with van der Waals surface area (Å²) in [4.78, 5) is 11.5. The fourth-order valence-electron chi connectivity index (χ4n) is 2.41.